The van der Waals surface area contributed by atoms with Crippen molar-refractivity contribution >= 4 is 5.91 Å². The second-order valence-corrected chi connectivity index (χ2v) is 4.87. The summed E-state index contributed by atoms with van der Waals surface area (Å²) in [6.07, 6.45) is 0.311. The summed E-state index contributed by atoms with van der Waals surface area (Å²) in [7, 11) is 3.68. The number of hydrogen-bond donors (Lipinski definition) is 2. The standard InChI is InChI=1S/C15H25N3O2/c1-18(10-11-20-2)9-8-17-15(19)12-14(16)13-6-4-3-5-7-13/h3-7,14H,8-12,16H2,1-2H3,(H,17,19). The van der Waals surface area contributed by atoms with Gasteiger partial charge >= 0.3 is 0 Å². The van der Waals surface area contributed by atoms with Gasteiger partial charge < -0.3 is 20.7 Å². The van der Waals surface area contributed by atoms with Gasteiger partial charge in [0.05, 0.1) is 6.61 Å². The minimum absolute atomic E-state index is 0.0125. The van der Waals surface area contributed by atoms with Crippen LogP contribution in [0, 0.1) is 0 Å². The smallest absolute Gasteiger partial charge is 0.221 e. The summed E-state index contributed by atoms with van der Waals surface area (Å²) < 4.78 is 5.00. The number of amides is 1. The van der Waals surface area contributed by atoms with E-state index >= 15 is 0 Å². The van der Waals surface area contributed by atoms with Gasteiger partial charge in [0.25, 0.3) is 0 Å². The van der Waals surface area contributed by atoms with Crippen molar-refractivity contribution in [1.29, 1.82) is 0 Å². The fourth-order valence-electron chi connectivity index (χ4n) is 1.84. The summed E-state index contributed by atoms with van der Waals surface area (Å²) in [5.41, 5.74) is 6.99. The zero-order chi connectivity index (χ0) is 14.8. The number of carbonyl (C=O) groups is 1. The molecule has 0 aliphatic heterocycles. The number of benzene rings is 1. The van der Waals surface area contributed by atoms with E-state index in [1.807, 2.05) is 37.4 Å². The second-order valence-electron chi connectivity index (χ2n) is 4.87. The number of hydrogen-bond acceptors (Lipinski definition) is 4. The molecule has 1 rings (SSSR count). The van der Waals surface area contributed by atoms with Gasteiger partial charge in [-0.05, 0) is 12.6 Å². The van der Waals surface area contributed by atoms with Crippen LogP contribution >= 0.6 is 0 Å². The monoisotopic (exact) mass is 279 g/mol. The third-order valence-electron chi connectivity index (χ3n) is 3.13. The molecule has 1 atom stereocenters. The zero-order valence-electron chi connectivity index (χ0n) is 12.3. The first-order valence-corrected chi connectivity index (χ1v) is 6.88. The molecule has 0 saturated heterocycles. The zero-order valence-corrected chi connectivity index (χ0v) is 12.3. The quantitative estimate of drug-likeness (QED) is 0.701. The van der Waals surface area contributed by atoms with Crippen LogP contribution < -0.4 is 11.1 Å². The molecule has 1 unspecified atom stereocenters. The van der Waals surface area contributed by atoms with Crippen LogP contribution in [0.15, 0.2) is 30.3 Å². The number of nitrogens with zero attached hydrogens (tertiary/aromatic N) is 1. The lowest BCUT2D eigenvalue weighted by atomic mass is 10.0. The molecule has 1 amide bonds. The van der Waals surface area contributed by atoms with Crippen LogP contribution in [0.1, 0.15) is 18.0 Å². The summed E-state index contributed by atoms with van der Waals surface area (Å²) in [6.45, 7) is 2.98. The first-order chi connectivity index (χ1) is 9.63. The third kappa shape index (κ3) is 6.65. The molecule has 0 aliphatic rings. The highest BCUT2D eigenvalue weighted by Gasteiger charge is 2.10. The van der Waals surface area contributed by atoms with Crippen molar-refractivity contribution in [2.45, 2.75) is 12.5 Å². The van der Waals surface area contributed by atoms with E-state index in [2.05, 4.69) is 10.2 Å². The van der Waals surface area contributed by atoms with Gasteiger partial charge in [0.1, 0.15) is 0 Å². The number of carbonyl (C=O) groups excluding carboxylic acids is 1. The molecule has 0 aromatic heterocycles. The summed E-state index contributed by atoms with van der Waals surface area (Å²) in [5.74, 6) is -0.0125. The van der Waals surface area contributed by atoms with Crippen LogP contribution in [-0.2, 0) is 9.53 Å². The van der Waals surface area contributed by atoms with Crippen molar-refractivity contribution in [3.05, 3.63) is 35.9 Å². The molecule has 1 aromatic carbocycles. The summed E-state index contributed by atoms with van der Waals surface area (Å²) >= 11 is 0. The molecule has 0 aliphatic carbocycles. The van der Waals surface area contributed by atoms with Gasteiger partial charge in [-0.25, -0.2) is 0 Å². The Bertz CT molecular complexity index is 384. The highest BCUT2D eigenvalue weighted by molar-refractivity contribution is 5.76. The molecule has 0 radical (unpaired) electrons. The largest absolute Gasteiger partial charge is 0.383 e. The number of nitrogens with two attached hydrogens (primary N) is 1. The second kappa shape index (κ2) is 9.47. The Morgan fingerprint density at radius 2 is 2.05 bits per heavy atom. The van der Waals surface area contributed by atoms with E-state index in [1.165, 1.54) is 0 Å². The van der Waals surface area contributed by atoms with E-state index < -0.39 is 0 Å². The Kier molecular flexibility index (Phi) is 7.87. The molecule has 112 valence electrons. The van der Waals surface area contributed by atoms with Gasteiger partial charge in [-0.15, -0.1) is 0 Å². The molecule has 5 nitrogen and oxygen atoms in total. The molecule has 0 bridgehead atoms. The van der Waals surface area contributed by atoms with E-state index in [4.69, 9.17) is 10.5 Å². The molecular weight excluding hydrogens is 254 g/mol. The van der Waals surface area contributed by atoms with Crippen molar-refractivity contribution in [2.75, 3.05) is 40.4 Å². The van der Waals surface area contributed by atoms with Crippen molar-refractivity contribution in [3.8, 4) is 0 Å². The third-order valence-corrected chi connectivity index (χ3v) is 3.13. The lowest BCUT2D eigenvalue weighted by Crippen LogP contribution is -2.35. The average molecular weight is 279 g/mol. The molecule has 5 heteroatoms. The Labute approximate surface area is 121 Å². The summed E-state index contributed by atoms with van der Waals surface area (Å²) in [6, 6.07) is 9.43. The van der Waals surface area contributed by atoms with Gasteiger partial charge in [0, 0.05) is 39.2 Å². The fourth-order valence-corrected chi connectivity index (χ4v) is 1.84. The molecule has 20 heavy (non-hydrogen) atoms. The van der Waals surface area contributed by atoms with Gasteiger partial charge in [-0.3, -0.25) is 4.79 Å². The maximum atomic E-state index is 11.8. The van der Waals surface area contributed by atoms with E-state index in [0.29, 0.717) is 19.6 Å². The van der Waals surface area contributed by atoms with Crippen LogP contribution in [0.5, 0.6) is 0 Å². The predicted molar refractivity (Wildman–Crippen MR) is 80.4 cm³/mol. The van der Waals surface area contributed by atoms with Crippen LogP contribution in [-0.4, -0.2) is 51.2 Å². The Hall–Kier alpha value is -1.43. The molecule has 3 N–H and O–H groups in total. The number of nitrogens with one attached hydrogen (secondary N) is 1. The van der Waals surface area contributed by atoms with E-state index in [9.17, 15) is 4.79 Å². The number of likely N-dealkylation sites (N-methyl/N-ethyl adjacent to an activating group) is 1. The highest BCUT2D eigenvalue weighted by Crippen LogP contribution is 2.12. The first kappa shape index (κ1) is 16.6. The lowest BCUT2D eigenvalue weighted by molar-refractivity contribution is -0.121. The van der Waals surface area contributed by atoms with Crippen molar-refractivity contribution in [3.63, 3.8) is 0 Å². The molecule has 1 aromatic rings. The lowest BCUT2D eigenvalue weighted by Gasteiger charge is -2.17. The SMILES string of the molecule is COCCN(C)CCNC(=O)CC(N)c1ccccc1. The van der Waals surface area contributed by atoms with Crippen LogP contribution in [0.2, 0.25) is 0 Å². The maximum absolute atomic E-state index is 11.8. The van der Waals surface area contributed by atoms with Crippen LogP contribution in [0.4, 0.5) is 0 Å². The average Bonchev–Trinajstić information content (AvgIpc) is 2.46. The molecule has 0 spiro atoms. The molecule has 0 saturated carbocycles. The first-order valence-electron chi connectivity index (χ1n) is 6.88. The Balaban J connectivity index is 2.20. The van der Waals surface area contributed by atoms with E-state index in [1.54, 1.807) is 7.11 Å². The maximum Gasteiger partial charge on any atom is 0.221 e. The summed E-state index contributed by atoms with van der Waals surface area (Å²) in [4.78, 5) is 13.9. The van der Waals surface area contributed by atoms with Crippen molar-refractivity contribution in [2.24, 2.45) is 5.73 Å². The minimum atomic E-state index is -0.248. The van der Waals surface area contributed by atoms with Crippen molar-refractivity contribution in [1.82, 2.24) is 10.2 Å². The topological polar surface area (TPSA) is 67.6 Å². The summed E-state index contributed by atoms with van der Waals surface area (Å²) in [5, 5.41) is 2.89. The normalized spacial score (nSPS) is 12.4. The predicted octanol–water partition coefficient (Wildman–Crippen LogP) is 0.771. The molecule has 0 heterocycles. The fraction of sp³-hybridized carbons (Fsp3) is 0.533. The van der Waals surface area contributed by atoms with Gasteiger partial charge in [-0.1, -0.05) is 30.3 Å². The molecule has 0 fully saturated rings. The van der Waals surface area contributed by atoms with Crippen molar-refractivity contribution < 1.29 is 9.53 Å². The highest BCUT2D eigenvalue weighted by atomic mass is 16.5. The number of rotatable bonds is 9. The van der Waals surface area contributed by atoms with Gasteiger partial charge in [-0.2, -0.15) is 0 Å². The van der Waals surface area contributed by atoms with Gasteiger partial charge in [0.2, 0.25) is 5.91 Å². The van der Waals surface area contributed by atoms with E-state index in [-0.39, 0.29) is 11.9 Å². The minimum Gasteiger partial charge on any atom is -0.383 e. The Morgan fingerprint density at radius 3 is 2.70 bits per heavy atom. The number of methoxy groups -OCH3 is 1. The Morgan fingerprint density at radius 1 is 1.35 bits per heavy atom. The number of ether oxygens (including phenoxy) is 1. The molecular formula is C15H25N3O2. The van der Waals surface area contributed by atoms with Gasteiger partial charge in [0.15, 0.2) is 0 Å². The van der Waals surface area contributed by atoms with E-state index in [0.717, 1.165) is 18.7 Å². The van der Waals surface area contributed by atoms with Crippen LogP contribution in [0.25, 0.3) is 0 Å². The van der Waals surface area contributed by atoms with Crippen LogP contribution in [0.3, 0.4) is 0 Å².